The van der Waals surface area contributed by atoms with E-state index in [-0.39, 0.29) is 42.0 Å². The first-order chi connectivity index (χ1) is 4.68. The Morgan fingerprint density at radius 2 is 1.92 bits per heavy atom. The van der Waals surface area contributed by atoms with Gasteiger partial charge < -0.3 is 16.6 Å². The van der Waals surface area contributed by atoms with Gasteiger partial charge in [0, 0.05) is 29.6 Å². The molecule has 0 fully saturated rings. The summed E-state index contributed by atoms with van der Waals surface area (Å²) in [5.74, 6) is -0.933. The Hall–Kier alpha value is 0.680. The maximum Gasteiger partial charge on any atom is 0.320 e. The van der Waals surface area contributed by atoms with Crippen LogP contribution >= 0.6 is 12.4 Å². The van der Waals surface area contributed by atoms with Gasteiger partial charge in [-0.3, -0.25) is 4.79 Å². The molecule has 0 unspecified atom stereocenters. The summed E-state index contributed by atoms with van der Waals surface area (Å²) in [6.45, 7) is 0.604. The summed E-state index contributed by atoms with van der Waals surface area (Å²) in [5.41, 5.74) is 10.4. The van der Waals surface area contributed by atoms with Crippen LogP contribution in [0.5, 0.6) is 0 Å². The maximum atomic E-state index is 10.1. The van der Waals surface area contributed by atoms with Crippen molar-refractivity contribution in [2.45, 2.75) is 25.3 Å². The van der Waals surface area contributed by atoms with E-state index in [1.54, 1.807) is 0 Å². The van der Waals surface area contributed by atoms with Gasteiger partial charge in [-0.25, -0.2) is 0 Å². The van der Waals surface area contributed by atoms with Crippen LogP contribution in [0, 0.1) is 0 Å². The molecule has 1 atom stereocenters. The van der Waals surface area contributed by atoms with Gasteiger partial charge in [0.15, 0.2) is 0 Å². The molecule has 0 aromatic rings. The Kier molecular flexibility index (Phi) is 18.0. The van der Waals surface area contributed by atoms with E-state index in [4.69, 9.17) is 16.6 Å². The number of hydrogen-bond donors (Lipinski definition) is 3. The minimum atomic E-state index is -0.933. The van der Waals surface area contributed by atoms with Gasteiger partial charge in [0.25, 0.3) is 0 Å². The fraction of sp³-hybridized carbons (Fsp3) is 0.833. The Balaban J connectivity index is -0.000000405. The number of carbonyl (C=O) groups is 1. The fourth-order valence-electron chi connectivity index (χ4n) is 0.632. The monoisotopic (exact) mass is 205 g/mol. The topological polar surface area (TPSA) is 89.3 Å². The summed E-state index contributed by atoms with van der Waals surface area (Å²) in [6, 6.07) is -0.716. The minimum absolute atomic E-state index is 0. The number of hydrogen-bond acceptors (Lipinski definition) is 3. The van der Waals surface area contributed by atoms with E-state index < -0.39 is 12.0 Å². The predicted molar refractivity (Wildman–Crippen MR) is 51.5 cm³/mol. The van der Waals surface area contributed by atoms with Gasteiger partial charge >= 0.3 is 5.97 Å². The molecule has 6 heteroatoms. The molecule has 0 aromatic heterocycles. The van der Waals surface area contributed by atoms with Gasteiger partial charge in [0.1, 0.15) is 6.04 Å². The standard InChI is InChI=1S/C6H14N2O2.ClH.Na/c7-4-2-1-3-5(8)6(9)10;;/h5H,1-4,7-8H2,(H,9,10);1H;/t5-;;/m0../s1. The summed E-state index contributed by atoms with van der Waals surface area (Å²) in [5, 5.41) is 8.33. The van der Waals surface area contributed by atoms with Crippen LogP contribution in [0.1, 0.15) is 19.3 Å². The molecule has 0 aliphatic carbocycles. The number of carboxylic acids is 1. The zero-order valence-corrected chi connectivity index (χ0v) is 10.1. The molecule has 0 aliphatic heterocycles. The van der Waals surface area contributed by atoms with Crippen LogP contribution in [0.2, 0.25) is 0 Å². The summed E-state index contributed by atoms with van der Waals surface area (Å²) in [6.07, 6.45) is 2.16. The van der Waals surface area contributed by atoms with Crippen molar-refractivity contribution in [2.24, 2.45) is 11.5 Å². The van der Waals surface area contributed by atoms with Crippen molar-refractivity contribution in [1.82, 2.24) is 0 Å². The second-order valence-corrected chi connectivity index (χ2v) is 2.23. The minimum Gasteiger partial charge on any atom is -0.480 e. The average Bonchev–Trinajstić information content (AvgIpc) is 1.88. The fourth-order valence-corrected chi connectivity index (χ4v) is 0.632. The number of rotatable bonds is 5. The predicted octanol–water partition coefficient (Wildman–Crippen LogP) is -0.432. The molecular formula is C6H15ClN2NaO2. The summed E-state index contributed by atoms with van der Waals surface area (Å²) in [4.78, 5) is 10.1. The van der Waals surface area contributed by atoms with Crippen molar-refractivity contribution in [1.29, 1.82) is 0 Å². The average molecular weight is 206 g/mol. The zero-order chi connectivity index (χ0) is 7.98. The molecule has 0 amide bonds. The third kappa shape index (κ3) is 10.7. The smallest absolute Gasteiger partial charge is 0.320 e. The van der Waals surface area contributed by atoms with Crippen LogP contribution in [0.25, 0.3) is 0 Å². The molecule has 4 nitrogen and oxygen atoms in total. The van der Waals surface area contributed by atoms with Crippen LogP contribution in [0.15, 0.2) is 0 Å². The van der Waals surface area contributed by atoms with E-state index in [2.05, 4.69) is 0 Å². The molecule has 0 aliphatic rings. The van der Waals surface area contributed by atoms with E-state index in [1.807, 2.05) is 0 Å². The van der Waals surface area contributed by atoms with Crippen molar-refractivity contribution in [3.63, 3.8) is 0 Å². The molecule has 12 heavy (non-hydrogen) atoms. The molecule has 0 spiro atoms. The van der Waals surface area contributed by atoms with Crippen LogP contribution < -0.4 is 11.5 Å². The number of halogens is 1. The molecular weight excluding hydrogens is 191 g/mol. The molecule has 0 heterocycles. The number of carboxylic acid groups (broad SMARTS) is 1. The maximum absolute atomic E-state index is 10.1. The first kappa shape index (κ1) is 18.5. The normalized spacial score (nSPS) is 10.8. The molecule has 1 radical (unpaired) electrons. The third-order valence-corrected chi connectivity index (χ3v) is 1.29. The van der Waals surface area contributed by atoms with Gasteiger partial charge in [-0.1, -0.05) is 6.42 Å². The van der Waals surface area contributed by atoms with E-state index in [9.17, 15) is 4.79 Å². The Labute approximate surface area is 101 Å². The summed E-state index contributed by atoms with van der Waals surface area (Å²) < 4.78 is 0. The molecule has 0 saturated heterocycles. The third-order valence-electron chi connectivity index (χ3n) is 1.29. The van der Waals surface area contributed by atoms with E-state index in [0.29, 0.717) is 13.0 Å². The van der Waals surface area contributed by atoms with E-state index in [1.165, 1.54) is 0 Å². The van der Waals surface area contributed by atoms with Crippen LogP contribution in [0.4, 0.5) is 0 Å². The summed E-state index contributed by atoms with van der Waals surface area (Å²) >= 11 is 0. The Morgan fingerprint density at radius 1 is 1.42 bits per heavy atom. The number of unbranched alkanes of at least 4 members (excludes halogenated alkanes) is 1. The van der Waals surface area contributed by atoms with Crippen LogP contribution in [0.3, 0.4) is 0 Å². The molecule has 5 N–H and O–H groups in total. The van der Waals surface area contributed by atoms with E-state index >= 15 is 0 Å². The molecule has 0 bridgehead atoms. The van der Waals surface area contributed by atoms with Crippen molar-refractivity contribution < 1.29 is 9.90 Å². The van der Waals surface area contributed by atoms with Crippen molar-refractivity contribution >= 4 is 47.9 Å². The zero-order valence-electron chi connectivity index (χ0n) is 7.32. The van der Waals surface area contributed by atoms with Gasteiger partial charge in [-0.05, 0) is 19.4 Å². The summed E-state index contributed by atoms with van der Waals surface area (Å²) in [7, 11) is 0. The molecule has 0 aromatic carbocycles. The van der Waals surface area contributed by atoms with Crippen LogP contribution in [-0.2, 0) is 4.79 Å². The molecule has 0 rings (SSSR count). The first-order valence-electron chi connectivity index (χ1n) is 3.37. The number of aliphatic carboxylic acids is 1. The molecule has 69 valence electrons. The van der Waals surface area contributed by atoms with Gasteiger partial charge in [-0.2, -0.15) is 0 Å². The van der Waals surface area contributed by atoms with Gasteiger partial charge in [0.2, 0.25) is 0 Å². The van der Waals surface area contributed by atoms with Crippen LogP contribution in [-0.4, -0.2) is 53.2 Å². The SMILES string of the molecule is Cl.NCCCC[C@H](N)C(=O)O.[Na]. The second kappa shape index (κ2) is 11.7. The molecule has 0 saturated carbocycles. The second-order valence-electron chi connectivity index (χ2n) is 2.23. The van der Waals surface area contributed by atoms with E-state index in [0.717, 1.165) is 12.8 Å². The quantitative estimate of drug-likeness (QED) is 0.420. The first-order valence-corrected chi connectivity index (χ1v) is 3.37. The van der Waals surface area contributed by atoms with Gasteiger partial charge in [0.05, 0.1) is 0 Å². The van der Waals surface area contributed by atoms with Crippen molar-refractivity contribution in [3.05, 3.63) is 0 Å². The number of nitrogens with two attached hydrogens (primary N) is 2. The Bertz CT molecular complexity index is 116. The van der Waals surface area contributed by atoms with Crippen molar-refractivity contribution in [2.75, 3.05) is 6.54 Å². The van der Waals surface area contributed by atoms with Gasteiger partial charge in [-0.15, -0.1) is 12.4 Å². The largest absolute Gasteiger partial charge is 0.480 e. The Morgan fingerprint density at radius 3 is 2.25 bits per heavy atom. The van der Waals surface area contributed by atoms with Crippen molar-refractivity contribution in [3.8, 4) is 0 Å².